The third-order valence-electron chi connectivity index (χ3n) is 3.70. The lowest BCUT2D eigenvalue weighted by Gasteiger charge is -2.30. The van der Waals surface area contributed by atoms with Crippen LogP contribution < -0.4 is 0 Å². The van der Waals surface area contributed by atoms with E-state index < -0.39 is 0 Å². The summed E-state index contributed by atoms with van der Waals surface area (Å²) in [6.45, 7) is 5.92. The van der Waals surface area contributed by atoms with Gasteiger partial charge in [0.15, 0.2) is 0 Å². The van der Waals surface area contributed by atoms with E-state index >= 15 is 0 Å². The molecule has 2 rings (SSSR count). The highest BCUT2D eigenvalue weighted by molar-refractivity contribution is 5.83. The summed E-state index contributed by atoms with van der Waals surface area (Å²) in [4.78, 5) is 18.8. The van der Waals surface area contributed by atoms with Gasteiger partial charge in [0, 0.05) is 25.0 Å². The number of likely N-dealkylation sites (tertiary alicyclic amines) is 1. The van der Waals surface area contributed by atoms with Crippen molar-refractivity contribution in [3.63, 3.8) is 0 Å². The maximum Gasteiger partial charge on any atom is 0.230 e. The van der Waals surface area contributed by atoms with Crippen LogP contribution in [-0.2, 0) is 4.79 Å². The van der Waals surface area contributed by atoms with E-state index in [2.05, 4.69) is 11.9 Å². The van der Waals surface area contributed by atoms with E-state index in [4.69, 9.17) is 0 Å². The normalized spacial score (nSPS) is 17.6. The van der Waals surface area contributed by atoms with E-state index in [0.29, 0.717) is 5.91 Å². The Morgan fingerprint density at radius 2 is 2.11 bits per heavy atom. The fourth-order valence-corrected chi connectivity index (χ4v) is 2.67. The molecule has 98 valence electrons. The molecule has 0 aliphatic carbocycles. The Kier molecular flexibility index (Phi) is 4.34. The quantitative estimate of drug-likeness (QED) is 0.821. The first-order valence-electron chi connectivity index (χ1n) is 6.93. The Balaban J connectivity index is 2.14. The summed E-state index contributed by atoms with van der Waals surface area (Å²) in [5, 5.41) is 0. The SMILES string of the molecule is CCC(C(=O)N1CCCCC1)c1ccnc(C)c1. The standard InChI is InChI=1S/C15H22N2O/c1-3-14(13-7-8-16-12(2)11-13)15(18)17-9-5-4-6-10-17/h7-8,11,14H,3-6,9-10H2,1-2H3. The molecule has 0 N–H and O–H groups in total. The van der Waals surface area contributed by atoms with Crippen molar-refractivity contribution in [3.8, 4) is 0 Å². The molecule has 0 radical (unpaired) electrons. The summed E-state index contributed by atoms with van der Waals surface area (Å²) >= 11 is 0. The second kappa shape index (κ2) is 5.98. The fraction of sp³-hybridized carbons (Fsp3) is 0.600. The number of nitrogens with zero attached hydrogens (tertiary/aromatic N) is 2. The number of carbonyl (C=O) groups is 1. The van der Waals surface area contributed by atoms with Gasteiger partial charge in [-0.1, -0.05) is 6.92 Å². The summed E-state index contributed by atoms with van der Waals surface area (Å²) < 4.78 is 0. The fourth-order valence-electron chi connectivity index (χ4n) is 2.67. The first-order valence-corrected chi connectivity index (χ1v) is 6.93. The zero-order chi connectivity index (χ0) is 13.0. The van der Waals surface area contributed by atoms with Crippen LogP contribution in [0.5, 0.6) is 0 Å². The molecule has 1 aromatic heterocycles. The maximum absolute atomic E-state index is 12.5. The van der Waals surface area contributed by atoms with E-state index in [1.165, 1.54) is 6.42 Å². The zero-order valence-electron chi connectivity index (χ0n) is 11.4. The number of carbonyl (C=O) groups excluding carboxylic acids is 1. The Morgan fingerprint density at radius 1 is 1.39 bits per heavy atom. The summed E-state index contributed by atoms with van der Waals surface area (Å²) in [6.07, 6.45) is 6.22. The van der Waals surface area contributed by atoms with Gasteiger partial charge < -0.3 is 4.90 Å². The Morgan fingerprint density at radius 3 is 2.72 bits per heavy atom. The molecule has 1 amide bonds. The molecule has 0 bridgehead atoms. The molecule has 1 aliphatic heterocycles. The van der Waals surface area contributed by atoms with Crippen molar-refractivity contribution in [1.82, 2.24) is 9.88 Å². The molecular weight excluding hydrogens is 224 g/mol. The monoisotopic (exact) mass is 246 g/mol. The molecule has 0 aromatic carbocycles. The van der Waals surface area contributed by atoms with Crippen LogP contribution in [0.1, 0.15) is 49.8 Å². The van der Waals surface area contributed by atoms with Gasteiger partial charge in [0.05, 0.1) is 5.92 Å². The third-order valence-corrected chi connectivity index (χ3v) is 3.70. The van der Waals surface area contributed by atoms with E-state index in [0.717, 1.165) is 43.6 Å². The number of hydrogen-bond acceptors (Lipinski definition) is 2. The largest absolute Gasteiger partial charge is 0.342 e. The molecular formula is C15H22N2O. The van der Waals surface area contributed by atoms with Gasteiger partial charge in [-0.05, 0) is 50.3 Å². The lowest BCUT2D eigenvalue weighted by molar-refractivity contribution is -0.133. The molecule has 3 nitrogen and oxygen atoms in total. The third kappa shape index (κ3) is 2.89. The molecule has 0 spiro atoms. The highest BCUT2D eigenvalue weighted by Crippen LogP contribution is 2.24. The predicted octanol–water partition coefficient (Wildman–Crippen LogP) is 2.90. The number of hydrogen-bond donors (Lipinski definition) is 0. The van der Waals surface area contributed by atoms with Crippen LogP contribution in [-0.4, -0.2) is 28.9 Å². The number of piperidine rings is 1. The van der Waals surface area contributed by atoms with Gasteiger partial charge in [-0.15, -0.1) is 0 Å². The minimum atomic E-state index is 0.00444. The summed E-state index contributed by atoms with van der Waals surface area (Å²) in [5.74, 6) is 0.299. The summed E-state index contributed by atoms with van der Waals surface area (Å²) in [6, 6.07) is 4.01. The van der Waals surface area contributed by atoms with Crippen LogP contribution >= 0.6 is 0 Å². The van der Waals surface area contributed by atoms with Crippen LogP contribution in [0, 0.1) is 6.92 Å². The molecule has 1 fully saturated rings. The predicted molar refractivity (Wildman–Crippen MR) is 72.4 cm³/mol. The van der Waals surface area contributed by atoms with Gasteiger partial charge in [-0.3, -0.25) is 9.78 Å². The minimum absolute atomic E-state index is 0.00444. The number of rotatable bonds is 3. The lowest BCUT2D eigenvalue weighted by Crippen LogP contribution is -2.38. The van der Waals surface area contributed by atoms with Crippen molar-refractivity contribution >= 4 is 5.91 Å². The molecule has 18 heavy (non-hydrogen) atoms. The second-order valence-electron chi connectivity index (χ2n) is 5.08. The molecule has 1 aromatic rings. The van der Waals surface area contributed by atoms with Crippen molar-refractivity contribution in [2.75, 3.05) is 13.1 Å². The molecule has 1 aliphatic rings. The van der Waals surface area contributed by atoms with Gasteiger partial charge in [-0.25, -0.2) is 0 Å². The van der Waals surface area contributed by atoms with Crippen molar-refractivity contribution in [2.24, 2.45) is 0 Å². The van der Waals surface area contributed by atoms with Gasteiger partial charge >= 0.3 is 0 Å². The van der Waals surface area contributed by atoms with Crippen molar-refractivity contribution in [3.05, 3.63) is 29.6 Å². The van der Waals surface area contributed by atoms with Gasteiger partial charge in [0.1, 0.15) is 0 Å². The zero-order valence-corrected chi connectivity index (χ0v) is 11.4. The Hall–Kier alpha value is -1.38. The lowest BCUT2D eigenvalue weighted by atomic mass is 9.94. The van der Waals surface area contributed by atoms with E-state index in [1.54, 1.807) is 6.20 Å². The van der Waals surface area contributed by atoms with Crippen molar-refractivity contribution < 1.29 is 4.79 Å². The van der Waals surface area contributed by atoms with Crippen LogP contribution in [0.15, 0.2) is 18.3 Å². The van der Waals surface area contributed by atoms with E-state index in [-0.39, 0.29) is 5.92 Å². The van der Waals surface area contributed by atoms with Crippen molar-refractivity contribution in [2.45, 2.75) is 45.4 Å². The van der Waals surface area contributed by atoms with Gasteiger partial charge in [0.25, 0.3) is 0 Å². The molecule has 1 saturated heterocycles. The highest BCUT2D eigenvalue weighted by atomic mass is 16.2. The van der Waals surface area contributed by atoms with Crippen molar-refractivity contribution in [1.29, 1.82) is 0 Å². The number of pyridine rings is 1. The van der Waals surface area contributed by atoms with Gasteiger partial charge in [0.2, 0.25) is 5.91 Å². The highest BCUT2D eigenvalue weighted by Gasteiger charge is 2.25. The second-order valence-corrected chi connectivity index (χ2v) is 5.08. The van der Waals surface area contributed by atoms with Crippen LogP contribution in [0.25, 0.3) is 0 Å². The van der Waals surface area contributed by atoms with Gasteiger partial charge in [-0.2, -0.15) is 0 Å². The average Bonchev–Trinajstić information content (AvgIpc) is 2.40. The van der Waals surface area contributed by atoms with Crippen LogP contribution in [0.4, 0.5) is 0 Å². The number of amides is 1. The number of aromatic nitrogens is 1. The molecule has 3 heteroatoms. The number of aryl methyl sites for hydroxylation is 1. The first-order chi connectivity index (χ1) is 8.72. The van der Waals surface area contributed by atoms with Crippen LogP contribution in [0.3, 0.4) is 0 Å². The van der Waals surface area contributed by atoms with E-state index in [9.17, 15) is 4.79 Å². The Bertz CT molecular complexity index is 411. The molecule has 1 unspecified atom stereocenters. The van der Waals surface area contributed by atoms with E-state index in [1.807, 2.05) is 24.0 Å². The molecule has 2 heterocycles. The smallest absolute Gasteiger partial charge is 0.230 e. The average molecular weight is 246 g/mol. The molecule has 1 atom stereocenters. The topological polar surface area (TPSA) is 33.2 Å². The Labute approximate surface area is 109 Å². The molecule has 0 saturated carbocycles. The maximum atomic E-state index is 12.5. The summed E-state index contributed by atoms with van der Waals surface area (Å²) in [5.41, 5.74) is 2.10. The minimum Gasteiger partial charge on any atom is -0.342 e. The van der Waals surface area contributed by atoms with Crippen LogP contribution in [0.2, 0.25) is 0 Å². The summed E-state index contributed by atoms with van der Waals surface area (Å²) in [7, 11) is 0. The first kappa shape index (κ1) is 13.1.